The summed E-state index contributed by atoms with van der Waals surface area (Å²) >= 11 is 0. The number of rotatable bonds is 6. The smallest absolute Gasteiger partial charge is 0.0535 e. The zero-order chi connectivity index (χ0) is 20.4. The molecule has 4 heteroatoms. The Morgan fingerprint density at radius 1 is 0.586 bits per heavy atom. The van der Waals surface area contributed by atoms with Crippen molar-refractivity contribution in [2.75, 3.05) is 11.5 Å². The Bertz CT molecular complexity index is 1130. The third-order valence-electron chi connectivity index (χ3n) is 5.01. The molecule has 4 aromatic carbocycles. The Balaban J connectivity index is 1.49. The van der Waals surface area contributed by atoms with Crippen molar-refractivity contribution < 1.29 is 8.42 Å². The lowest BCUT2D eigenvalue weighted by molar-refractivity contribution is 0.478. The second kappa shape index (κ2) is 8.21. The maximum Gasteiger partial charge on any atom is 0.0535 e. The molecule has 148 valence electrons. The van der Waals surface area contributed by atoms with Gasteiger partial charge in [0.2, 0.25) is 0 Å². The van der Waals surface area contributed by atoms with Gasteiger partial charge in [-0.25, -0.2) is 0 Å². The van der Waals surface area contributed by atoms with Gasteiger partial charge in [-0.05, 0) is 51.2 Å². The molecule has 0 fully saturated rings. The monoisotopic (exact) mass is 420 g/mol. The van der Waals surface area contributed by atoms with Crippen LogP contribution < -0.4 is 0 Å². The summed E-state index contributed by atoms with van der Waals surface area (Å²) < 4.78 is 26.0. The summed E-state index contributed by atoms with van der Waals surface area (Å²) in [6, 6.07) is 28.1. The van der Waals surface area contributed by atoms with Crippen molar-refractivity contribution in [3.05, 3.63) is 84.9 Å². The van der Waals surface area contributed by atoms with Crippen LogP contribution in [-0.4, -0.2) is 19.9 Å². The van der Waals surface area contributed by atoms with Gasteiger partial charge in [0, 0.05) is 21.3 Å². The maximum absolute atomic E-state index is 13.0. The van der Waals surface area contributed by atoms with Gasteiger partial charge in [-0.1, -0.05) is 74.5 Å². The van der Waals surface area contributed by atoms with Crippen LogP contribution in [0.15, 0.2) is 94.7 Å². The van der Waals surface area contributed by atoms with E-state index < -0.39 is 21.6 Å². The molecule has 0 radical (unpaired) electrons. The predicted molar refractivity (Wildman–Crippen MR) is 124 cm³/mol. The SMILES string of the molecule is CC(C)(CS(=O)c1ccc2ccccc2c1)CS(=O)c1ccc2ccccc2c1. The van der Waals surface area contributed by atoms with E-state index in [1.54, 1.807) is 0 Å². The average Bonchev–Trinajstić information content (AvgIpc) is 2.72. The van der Waals surface area contributed by atoms with Crippen molar-refractivity contribution in [3.8, 4) is 0 Å². The van der Waals surface area contributed by atoms with Gasteiger partial charge in [-0.2, -0.15) is 0 Å². The Labute approximate surface area is 176 Å². The van der Waals surface area contributed by atoms with Crippen LogP contribution in [0.4, 0.5) is 0 Å². The number of fused-ring (bicyclic) bond motifs is 2. The van der Waals surface area contributed by atoms with Crippen molar-refractivity contribution in [1.82, 2.24) is 0 Å². The molecule has 4 rings (SSSR count). The first-order valence-electron chi connectivity index (χ1n) is 9.66. The minimum absolute atomic E-state index is 0.312. The van der Waals surface area contributed by atoms with E-state index in [9.17, 15) is 8.42 Å². The highest BCUT2D eigenvalue weighted by atomic mass is 32.2. The van der Waals surface area contributed by atoms with E-state index >= 15 is 0 Å². The molecule has 2 nitrogen and oxygen atoms in total. The molecule has 2 unspecified atom stereocenters. The lowest BCUT2D eigenvalue weighted by Crippen LogP contribution is -2.27. The molecule has 4 aromatic rings. The van der Waals surface area contributed by atoms with Gasteiger partial charge in [0.1, 0.15) is 0 Å². The van der Waals surface area contributed by atoms with Gasteiger partial charge in [0.15, 0.2) is 0 Å². The van der Waals surface area contributed by atoms with Crippen molar-refractivity contribution in [2.24, 2.45) is 5.41 Å². The second-order valence-corrected chi connectivity index (χ2v) is 11.1. The van der Waals surface area contributed by atoms with Crippen LogP contribution in [0.5, 0.6) is 0 Å². The van der Waals surface area contributed by atoms with E-state index in [0.717, 1.165) is 31.3 Å². The Morgan fingerprint density at radius 2 is 0.966 bits per heavy atom. The summed E-state index contributed by atoms with van der Waals surface area (Å²) in [5, 5.41) is 4.47. The quantitative estimate of drug-likeness (QED) is 0.387. The van der Waals surface area contributed by atoms with E-state index in [4.69, 9.17) is 0 Å². The Kier molecular flexibility index (Phi) is 5.66. The lowest BCUT2D eigenvalue weighted by atomic mass is 10.0. The molecule has 0 aliphatic rings. The zero-order valence-electron chi connectivity index (χ0n) is 16.6. The normalized spacial score (nSPS) is 14.1. The number of hydrogen-bond acceptors (Lipinski definition) is 2. The average molecular weight is 421 g/mol. The summed E-state index contributed by atoms with van der Waals surface area (Å²) in [6.45, 7) is 4.09. The van der Waals surface area contributed by atoms with E-state index in [-0.39, 0.29) is 5.41 Å². The summed E-state index contributed by atoms with van der Waals surface area (Å²) in [4.78, 5) is 1.65. The van der Waals surface area contributed by atoms with Crippen LogP contribution in [0.3, 0.4) is 0 Å². The van der Waals surface area contributed by atoms with E-state index in [1.165, 1.54) is 0 Å². The van der Waals surface area contributed by atoms with Crippen LogP contribution in [-0.2, 0) is 21.6 Å². The van der Waals surface area contributed by atoms with E-state index in [2.05, 4.69) is 12.1 Å². The molecule has 0 N–H and O–H groups in total. The summed E-state index contributed by atoms with van der Waals surface area (Å²) in [7, 11) is -2.28. The van der Waals surface area contributed by atoms with Gasteiger partial charge in [0.25, 0.3) is 0 Å². The van der Waals surface area contributed by atoms with Gasteiger partial charge < -0.3 is 0 Å². The minimum atomic E-state index is -1.14. The van der Waals surface area contributed by atoms with Crippen LogP contribution in [0.1, 0.15) is 13.8 Å². The third-order valence-corrected chi connectivity index (χ3v) is 8.66. The molecule has 2 atom stereocenters. The van der Waals surface area contributed by atoms with Crippen LogP contribution >= 0.6 is 0 Å². The molecule has 0 aliphatic heterocycles. The summed E-state index contributed by atoms with van der Waals surface area (Å²) in [6.07, 6.45) is 0. The van der Waals surface area contributed by atoms with Gasteiger partial charge >= 0.3 is 0 Å². The summed E-state index contributed by atoms with van der Waals surface area (Å²) in [5.41, 5.74) is -0.312. The number of benzene rings is 4. The number of hydrogen-bond donors (Lipinski definition) is 0. The molecular formula is C25H24O2S2. The fourth-order valence-corrected chi connectivity index (χ4v) is 6.58. The highest BCUT2D eigenvalue weighted by Crippen LogP contribution is 2.26. The Morgan fingerprint density at radius 3 is 1.38 bits per heavy atom. The largest absolute Gasteiger partial charge is 0.254 e. The van der Waals surface area contributed by atoms with Crippen molar-refractivity contribution in [3.63, 3.8) is 0 Å². The minimum Gasteiger partial charge on any atom is -0.254 e. The van der Waals surface area contributed by atoms with Gasteiger partial charge in [0.05, 0.1) is 21.6 Å². The Hall–Kier alpha value is -2.30. The third kappa shape index (κ3) is 4.65. The zero-order valence-corrected chi connectivity index (χ0v) is 18.3. The highest BCUT2D eigenvalue weighted by molar-refractivity contribution is 7.86. The molecule has 0 spiro atoms. The molecule has 0 bridgehead atoms. The maximum atomic E-state index is 13.0. The molecule has 0 amide bonds. The van der Waals surface area contributed by atoms with Crippen molar-refractivity contribution in [2.45, 2.75) is 23.6 Å². The van der Waals surface area contributed by atoms with Crippen LogP contribution in [0.2, 0.25) is 0 Å². The van der Waals surface area contributed by atoms with E-state index in [0.29, 0.717) is 11.5 Å². The predicted octanol–water partition coefficient (Wildman–Crippen LogP) is 5.93. The molecule has 29 heavy (non-hydrogen) atoms. The highest BCUT2D eigenvalue weighted by Gasteiger charge is 2.25. The van der Waals surface area contributed by atoms with Crippen LogP contribution in [0, 0.1) is 5.41 Å². The van der Waals surface area contributed by atoms with E-state index in [1.807, 2.05) is 86.6 Å². The lowest BCUT2D eigenvalue weighted by Gasteiger charge is -2.23. The topological polar surface area (TPSA) is 34.1 Å². The van der Waals surface area contributed by atoms with Gasteiger partial charge in [-0.15, -0.1) is 0 Å². The fraction of sp³-hybridized carbons (Fsp3) is 0.200. The first-order valence-corrected chi connectivity index (χ1v) is 12.3. The molecular weight excluding hydrogens is 396 g/mol. The molecule has 0 aliphatic carbocycles. The first kappa shape index (κ1) is 20.0. The second-order valence-electron chi connectivity index (χ2n) is 8.16. The molecule has 0 aromatic heterocycles. The molecule has 0 heterocycles. The first-order chi connectivity index (χ1) is 13.9. The molecule has 0 saturated heterocycles. The summed E-state index contributed by atoms with van der Waals surface area (Å²) in [5.74, 6) is 0.954. The van der Waals surface area contributed by atoms with Gasteiger partial charge in [-0.3, -0.25) is 8.42 Å². The standard InChI is InChI=1S/C25H24O2S2/c1-25(2,17-28(26)23-13-11-19-7-3-5-9-21(19)15-23)18-29(27)24-14-12-20-8-4-6-10-22(20)16-24/h3-16H,17-18H2,1-2H3. The van der Waals surface area contributed by atoms with Crippen LogP contribution in [0.25, 0.3) is 21.5 Å². The fourth-order valence-electron chi connectivity index (χ4n) is 3.54. The van der Waals surface area contributed by atoms with Crippen molar-refractivity contribution in [1.29, 1.82) is 0 Å². The van der Waals surface area contributed by atoms with Crippen molar-refractivity contribution >= 4 is 43.1 Å². The molecule has 0 saturated carbocycles.